The minimum absolute atomic E-state index is 0.306. The molecule has 94 valence electrons. The number of aryl methyl sites for hydroxylation is 2. The van der Waals surface area contributed by atoms with Crippen LogP contribution in [0, 0.1) is 0 Å². The fraction of sp³-hybridized carbons (Fsp3) is 0.357. The summed E-state index contributed by atoms with van der Waals surface area (Å²) < 4.78 is 1.91. The summed E-state index contributed by atoms with van der Waals surface area (Å²) in [6.45, 7) is 2.96. The van der Waals surface area contributed by atoms with Crippen molar-refractivity contribution < 1.29 is 5.11 Å². The predicted octanol–water partition coefficient (Wildman–Crippen LogP) is 2.71. The van der Waals surface area contributed by atoms with E-state index in [0.29, 0.717) is 11.8 Å². The molecule has 3 rings (SSSR count). The Kier molecular flexibility index (Phi) is 2.70. The molecular weight excluding hydrogens is 226 g/mol. The van der Waals surface area contributed by atoms with Gasteiger partial charge in [0.1, 0.15) is 11.6 Å². The lowest BCUT2D eigenvalue weighted by atomic mass is 10.1. The van der Waals surface area contributed by atoms with Crippen LogP contribution in [0.25, 0.3) is 0 Å². The molecule has 1 atom stereocenters. The predicted molar refractivity (Wildman–Crippen MR) is 70.7 cm³/mol. The lowest BCUT2D eigenvalue weighted by Gasteiger charge is -2.13. The molecule has 0 bridgehead atoms. The normalized spacial score (nSPS) is 17.7. The van der Waals surface area contributed by atoms with Gasteiger partial charge in [-0.15, -0.1) is 0 Å². The van der Waals surface area contributed by atoms with Crippen molar-refractivity contribution in [2.45, 2.75) is 32.4 Å². The molecule has 1 aliphatic rings. The minimum atomic E-state index is 0.306. The average Bonchev–Trinajstić information content (AvgIpc) is 2.97. The van der Waals surface area contributed by atoms with E-state index in [2.05, 4.69) is 17.3 Å². The van der Waals surface area contributed by atoms with Crippen molar-refractivity contribution in [1.82, 2.24) is 9.78 Å². The first-order valence-electron chi connectivity index (χ1n) is 6.38. The molecule has 0 saturated carbocycles. The van der Waals surface area contributed by atoms with Crippen molar-refractivity contribution >= 4 is 5.82 Å². The van der Waals surface area contributed by atoms with Gasteiger partial charge in [-0.1, -0.05) is 6.07 Å². The Morgan fingerprint density at radius 3 is 3.11 bits per heavy atom. The van der Waals surface area contributed by atoms with Crippen LogP contribution in [0.1, 0.15) is 30.5 Å². The Morgan fingerprint density at radius 1 is 1.44 bits per heavy atom. The standard InChI is InChI=1S/C14H17N3O/c1-2-17-8-7-14(16-17)15-13-6-3-10-9-11(18)4-5-12(10)13/h4-5,7-9,13,18H,2-3,6H2,1H3,(H,15,16). The number of phenols is 1. The molecular formula is C14H17N3O. The Labute approximate surface area is 106 Å². The van der Waals surface area contributed by atoms with E-state index < -0.39 is 0 Å². The molecule has 1 aliphatic carbocycles. The van der Waals surface area contributed by atoms with E-state index in [-0.39, 0.29) is 0 Å². The van der Waals surface area contributed by atoms with Crippen molar-refractivity contribution in [1.29, 1.82) is 0 Å². The first-order valence-corrected chi connectivity index (χ1v) is 6.38. The number of anilines is 1. The Hall–Kier alpha value is -1.97. The number of hydrogen-bond acceptors (Lipinski definition) is 3. The van der Waals surface area contributed by atoms with Crippen molar-refractivity contribution in [3.05, 3.63) is 41.6 Å². The SMILES string of the molecule is CCn1ccc(NC2CCc3cc(O)ccc32)n1. The van der Waals surface area contributed by atoms with E-state index in [1.54, 1.807) is 6.07 Å². The lowest BCUT2D eigenvalue weighted by molar-refractivity contribution is 0.474. The van der Waals surface area contributed by atoms with Crippen molar-refractivity contribution in [2.24, 2.45) is 0 Å². The Balaban J connectivity index is 1.80. The number of rotatable bonds is 3. The molecule has 0 spiro atoms. The van der Waals surface area contributed by atoms with Gasteiger partial charge < -0.3 is 10.4 Å². The molecule has 0 saturated heterocycles. The van der Waals surface area contributed by atoms with Crippen LogP contribution < -0.4 is 5.32 Å². The van der Waals surface area contributed by atoms with Gasteiger partial charge in [0, 0.05) is 18.8 Å². The van der Waals surface area contributed by atoms with Crippen molar-refractivity contribution in [3.63, 3.8) is 0 Å². The highest BCUT2D eigenvalue weighted by molar-refractivity contribution is 5.45. The van der Waals surface area contributed by atoms with E-state index in [0.717, 1.165) is 25.2 Å². The maximum absolute atomic E-state index is 9.47. The second kappa shape index (κ2) is 4.37. The summed E-state index contributed by atoms with van der Waals surface area (Å²) in [4.78, 5) is 0. The van der Waals surface area contributed by atoms with Gasteiger partial charge in [0.25, 0.3) is 0 Å². The van der Waals surface area contributed by atoms with E-state index >= 15 is 0 Å². The zero-order valence-corrected chi connectivity index (χ0v) is 10.4. The van der Waals surface area contributed by atoms with Crippen LogP contribution in [0.5, 0.6) is 5.75 Å². The van der Waals surface area contributed by atoms with Gasteiger partial charge >= 0.3 is 0 Å². The van der Waals surface area contributed by atoms with E-state index in [9.17, 15) is 5.11 Å². The van der Waals surface area contributed by atoms with Crippen molar-refractivity contribution in [2.75, 3.05) is 5.32 Å². The minimum Gasteiger partial charge on any atom is -0.508 e. The maximum atomic E-state index is 9.47. The zero-order valence-electron chi connectivity index (χ0n) is 10.4. The molecule has 18 heavy (non-hydrogen) atoms. The number of nitrogens with zero attached hydrogens (tertiary/aromatic N) is 2. The number of aromatic nitrogens is 2. The van der Waals surface area contributed by atoms with Crippen LogP contribution in [0.15, 0.2) is 30.5 Å². The third kappa shape index (κ3) is 1.94. The Bertz CT molecular complexity index is 562. The number of nitrogens with one attached hydrogen (secondary N) is 1. The molecule has 1 heterocycles. The molecule has 1 aromatic carbocycles. The second-order valence-corrected chi connectivity index (χ2v) is 4.68. The quantitative estimate of drug-likeness (QED) is 0.871. The summed E-state index contributed by atoms with van der Waals surface area (Å²) >= 11 is 0. The molecule has 4 heteroatoms. The number of aromatic hydroxyl groups is 1. The highest BCUT2D eigenvalue weighted by Gasteiger charge is 2.22. The van der Waals surface area contributed by atoms with E-state index in [4.69, 9.17) is 0 Å². The molecule has 1 aromatic heterocycles. The molecule has 0 amide bonds. The topological polar surface area (TPSA) is 50.1 Å². The summed E-state index contributed by atoms with van der Waals surface area (Å²) in [5, 5.41) is 17.4. The van der Waals surface area contributed by atoms with Gasteiger partial charge in [-0.25, -0.2) is 0 Å². The van der Waals surface area contributed by atoms with Crippen LogP contribution in [0.3, 0.4) is 0 Å². The fourth-order valence-corrected chi connectivity index (χ4v) is 2.55. The molecule has 0 radical (unpaired) electrons. The van der Waals surface area contributed by atoms with Crippen molar-refractivity contribution in [3.8, 4) is 5.75 Å². The summed E-state index contributed by atoms with van der Waals surface area (Å²) in [7, 11) is 0. The fourth-order valence-electron chi connectivity index (χ4n) is 2.55. The molecule has 1 unspecified atom stereocenters. The van der Waals surface area contributed by atoms with Gasteiger partial charge in [0.2, 0.25) is 0 Å². The number of phenolic OH excluding ortho intramolecular Hbond substituents is 1. The smallest absolute Gasteiger partial charge is 0.148 e. The second-order valence-electron chi connectivity index (χ2n) is 4.68. The number of benzene rings is 1. The molecule has 4 nitrogen and oxygen atoms in total. The van der Waals surface area contributed by atoms with Gasteiger partial charge in [-0.05, 0) is 43.0 Å². The van der Waals surface area contributed by atoms with Crippen LogP contribution in [0.4, 0.5) is 5.82 Å². The number of hydrogen-bond donors (Lipinski definition) is 2. The third-order valence-electron chi connectivity index (χ3n) is 3.49. The summed E-state index contributed by atoms with van der Waals surface area (Å²) in [5.41, 5.74) is 2.52. The van der Waals surface area contributed by atoms with Gasteiger partial charge in [-0.3, -0.25) is 4.68 Å². The Morgan fingerprint density at radius 2 is 2.33 bits per heavy atom. The third-order valence-corrected chi connectivity index (χ3v) is 3.49. The summed E-state index contributed by atoms with van der Waals surface area (Å²) in [6.07, 6.45) is 4.04. The first kappa shape index (κ1) is 11.1. The molecule has 2 aromatic rings. The molecule has 2 N–H and O–H groups in total. The van der Waals surface area contributed by atoms with Gasteiger partial charge in [0.05, 0.1) is 6.04 Å². The maximum Gasteiger partial charge on any atom is 0.148 e. The van der Waals surface area contributed by atoms with Crippen LogP contribution in [-0.2, 0) is 13.0 Å². The monoisotopic (exact) mass is 243 g/mol. The highest BCUT2D eigenvalue weighted by atomic mass is 16.3. The number of fused-ring (bicyclic) bond motifs is 1. The van der Waals surface area contributed by atoms with Gasteiger partial charge in [0.15, 0.2) is 0 Å². The summed E-state index contributed by atoms with van der Waals surface area (Å²) in [6, 6.07) is 7.93. The molecule has 0 aliphatic heterocycles. The zero-order chi connectivity index (χ0) is 12.5. The van der Waals surface area contributed by atoms with Crippen LogP contribution in [0.2, 0.25) is 0 Å². The van der Waals surface area contributed by atoms with Crippen LogP contribution >= 0.6 is 0 Å². The largest absolute Gasteiger partial charge is 0.508 e. The van der Waals surface area contributed by atoms with Crippen LogP contribution in [-0.4, -0.2) is 14.9 Å². The van der Waals surface area contributed by atoms with E-state index in [1.165, 1.54) is 11.1 Å². The van der Waals surface area contributed by atoms with E-state index in [1.807, 2.05) is 29.1 Å². The summed E-state index contributed by atoms with van der Waals surface area (Å²) in [5.74, 6) is 1.27. The van der Waals surface area contributed by atoms with Gasteiger partial charge in [-0.2, -0.15) is 5.10 Å². The average molecular weight is 243 g/mol. The highest BCUT2D eigenvalue weighted by Crippen LogP contribution is 2.35. The first-order chi connectivity index (χ1) is 8.76. The molecule has 0 fully saturated rings. The lowest BCUT2D eigenvalue weighted by Crippen LogP contribution is -2.08.